The van der Waals surface area contributed by atoms with Crippen LogP contribution >= 0.6 is 23.2 Å². The maximum absolute atomic E-state index is 12.1. The number of benzene rings is 1. The average Bonchev–Trinajstić information content (AvgIpc) is 2.46. The van der Waals surface area contributed by atoms with Gasteiger partial charge in [-0.15, -0.1) is 0 Å². The summed E-state index contributed by atoms with van der Waals surface area (Å²) in [5, 5.41) is 3.63. The van der Waals surface area contributed by atoms with Crippen LogP contribution in [0.3, 0.4) is 0 Å². The van der Waals surface area contributed by atoms with Crippen molar-refractivity contribution in [3.8, 4) is 0 Å². The predicted octanol–water partition coefficient (Wildman–Crippen LogP) is 1.36. The molecule has 0 saturated carbocycles. The fraction of sp³-hybridized carbons (Fsp3) is 0.500. The minimum absolute atomic E-state index is 0.181. The molecule has 0 bridgehead atoms. The average molecular weight is 395 g/mol. The topological polar surface area (TPSA) is 73.0 Å². The Hall–Kier alpha value is -0.900. The highest BCUT2D eigenvalue weighted by Crippen LogP contribution is 2.22. The minimum atomic E-state index is -3.40. The van der Waals surface area contributed by atoms with Gasteiger partial charge in [0.15, 0.2) is 0 Å². The number of piperazine rings is 1. The lowest BCUT2D eigenvalue weighted by Crippen LogP contribution is -2.52. The summed E-state index contributed by atoms with van der Waals surface area (Å²) in [4.78, 5) is 14.0. The third-order valence-corrected chi connectivity index (χ3v) is 6.01. The van der Waals surface area contributed by atoms with Crippen LogP contribution in [0.1, 0.15) is 0 Å². The Bertz CT molecular complexity index is 684. The van der Waals surface area contributed by atoms with Gasteiger partial charge in [-0.3, -0.25) is 9.69 Å². The SMILES string of the molecule is CN(C)S(=O)(=O)N1CCN(CC(=O)Nc2cc(Cl)cc(Cl)c2)CC1. The van der Waals surface area contributed by atoms with E-state index in [1.165, 1.54) is 22.7 Å². The highest BCUT2D eigenvalue weighted by atomic mass is 35.5. The lowest BCUT2D eigenvalue weighted by molar-refractivity contribution is -0.117. The summed E-state index contributed by atoms with van der Waals surface area (Å²) in [6, 6.07) is 4.82. The number of nitrogens with one attached hydrogen (secondary N) is 1. The molecule has 1 aromatic rings. The number of halogens is 2. The number of hydrogen-bond donors (Lipinski definition) is 1. The van der Waals surface area contributed by atoms with Gasteiger partial charge in [0.1, 0.15) is 0 Å². The van der Waals surface area contributed by atoms with Crippen molar-refractivity contribution in [1.29, 1.82) is 0 Å². The summed E-state index contributed by atoms with van der Waals surface area (Å²) in [6.07, 6.45) is 0. The van der Waals surface area contributed by atoms with Crippen LogP contribution in [0.25, 0.3) is 0 Å². The monoisotopic (exact) mass is 394 g/mol. The van der Waals surface area contributed by atoms with Crippen LogP contribution in [0.15, 0.2) is 18.2 Å². The minimum Gasteiger partial charge on any atom is -0.325 e. The van der Waals surface area contributed by atoms with Crippen molar-refractivity contribution in [2.45, 2.75) is 0 Å². The van der Waals surface area contributed by atoms with E-state index in [1.54, 1.807) is 18.2 Å². The molecule has 0 aliphatic carbocycles. The molecule has 0 spiro atoms. The molecule has 1 heterocycles. The first-order valence-electron chi connectivity index (χ1n) is 7.34. The molecule has 0 aromatic heterocycles. The normalized spacial score (nSPS) is 17.2. The zero-order valence-corrected chi connectivity index (χ0v) is 15.8. The van der Waals surface area contributed by atoms with E-state index in [0.717, 1.165) is 0 Å². The van der Waals surface area contributed by atoms with Crippen molar-refractivity contribution in [2.24, 2.45) is 0 Å². The largest absolute Gasteiger partial charge is 0.325 e. The van der Waals surface area contributed by atoms with Crippen LogP contribution < -0.4 is 5.32 Å². The first-order chi connectivity index (χ1) is 11.2. The summed E-state index contributed by atoms with van der Waals surface area (Å²) < 4.78 is 26.7. The van der Waals surface area contributed by atoms with Gasteiger partial charge >= 0.3 is 0 Å². The van der Waals surface area contributed by atoms with E-state index in [-0.39, 0.29) is 12.5 Å². The molecule has 1 aromatic carbocycles. The Morgan fingerprint density at radius 3 is 2.17 bits per heavy atom. The molecule has 10 heteroatoms. The van der Waals surface area contributed by atoms with Crippen molar-refractivity contribution in [3.63, 3.8) is 0 Å². The first-order valence-corrected chi connectivity index (χ1v) is 9.49. The third-order valence-electron chi connectivity index (χ3n) is 3.63. The molecule has 0 radical (unpaired) electrons. The highest BCUT2D eigenvalue weighted by Gasteiger charge is 2.29. The van der Waals surface area contributed by atoms with Crippen LogP contribution in [-0.2, 0) is 15.0 Å². The van der Waals surface area contributed by atoms with Crippen molar-refractivity contribution in [1.82, 2.24) is 13.5 Å². The molecule has 1 aliphatic rings. The number of carbonyl (C=O) groups is 1. The van der Waals surface area contributed by atoms with Gasteiger partial charge in [-0.05, 0) is 18.2 Å². The van der Waals surface area contributed by atoms with Crippen molar-refractivity contribution in [2.75, 3.05) is 52.1 Å². The van der Waals surface area contributed by atoms with Gasteiger partial charge in [0.25, 0.3) is 10.2 Å². The predicted molar refractivity (Wildman–Crippen MR) is 95.7 cm³/mol. The Morgan fingerprint density at radius 1 is 1.12 bits per heavy atom. The standard InChI is InChI=1S/C14H20Cl2N4O3S/c1-18(2)24(22,23)20-5-3-19(4-6-20)10-14(21)17-13-8-11(15)7-12(16)9-13/h7-9H,3-6,10H2,1-2H3,(H,17,21). The van der Waals surface area contributed by atoms with Gasteiger partial charge in [-0.25, -0.2) is 0 Å². The number of hydrogen-bond acceptors (Lipinski definition) is 4. The van der Waals surface area contributed by atoms with Gasteiger partial charge in [0.05, 0.1) is 6.54 Å². The van der Waals surface area contributed by atoms with Gasteiger partial charge in [-0.2, -0.15) is 17.0 Å². The maximum atomic E-state index is 12.1. The van der Waals surface area contributed by atoms with Gasteiger partial charge < -0.3 is 5.32 Å². The van der Waals surface area contributed by atoms with E-state index in [0.29, 0.717) is 41.9 Å². The van der Waals surface area contributed by atoms with E-state index in [9.17, 15) is 13.2 Å². The van der Waals surface area contributed by atoms with Crippen molar-refractivity contribution in [3.05, 3.63) is 28.2 Å². The molecule has 0 atom stereocenters. The number of rotatable bonds is 5. The molecule has 7 nitrogen and oxygen atoms in total. The Labute approximate surface area is 152 Å². The van der Waals surface area contributed by atoms with E-state index in [2.05, 4.69) is 5.32 Å². The summed E-state index contributed by atoms with van der Waals surface area (Å²) in [6.45, 7) is 1.89. The zero-order valence-electron chi connectivity index (χ0n) is 13.5. The maximum Gasteiger partial charge on any atom is 0.281 e. The molecule has 1 fully saturated rings. The third kappa shape index (κ3) is 5.05. The van der Waals surface area contributed by atoms with E-state index in [4.69, 9.17) is 23.2 Å². The molecule has 1 saturated heterocycles. The lowest BCUT2D eigenvalue weighted by Gasteiger charge is -2.34. The van der Waals surface area contributed by atoms with E-state index in [1.807, 2.05) is 4.90 Å². The fourth-order valence-electron chi connectivity index (χ4n) is 2.38. The Balaban J connectivity index is 1.86. The summed E-state index contributed by atoms with van der Waals surface area (Å²) in [7, 11) is -0.389. The van der Waals surface area contributed by atoms with Crippen LogP contribution in [0.2, 0.25) is 10.0 Å². The molecule has 1 N–H and O–H groups in total. The molecule has 24 heavy (non-hydrogen) atoms. The number of amides is 1. The molecular weight excluding hydrogens is 375 g/mol. The summed E-state index contributed by atoms with van der Waals surface area (Å²) >= 11 is 11.8. The van der Waals surface area contributed by atoms with Crippen LogP contribution in [0, 0.1) is 0 Å². The van der Waals surface area contributed by atoms with Gasteiger partial charge in [-0.1, -0.05) is 23.2 Å². The second-order valence-corrected chi connectivity index (χ2v) is 8.69. The Kier molecular flexibility index (Phi) is 6.46. The number of carbonyl (C=O) groups excluding carboxylic acids is 1. The second kappa shape index (κ2) is 7.99. The van der Waals surface area contributed by atoms with Crippen LogP contribution in [0.5, 0.6) is 0 Å². The lowest BCUT2D eigenvalue weighted by atomic mass is 10.3. The molecular formula is C14H20Cl2N4O3S. The van der Waals surface area contributed by atoms with Crippen molar-refractivity contribution >= 4 is 45.0 Å². The number of anilines is 1. The van der Waals surface area contributed by atoms with Gasteiger partial charge in [0.2, 0.25) is 5.91 Å². The number of nitrogens with zero attached hydrogens (tertiary/aromatic N) is 3. The Morgan fingerprint density at radius 2 is 1.67 bits per heavy atom. The molecule has 134 valence electrons. The second-order valence-electron chi connectivity index (χ2n) is 5.67. The van der Waals surface area contributed by atoms with Crippen LogP contribution in [-0.4, -0.2) is 74.7 Å². The van der Waals surface area contributed by atoms with Crippen LogP contribution in [0.4, 0.5) is 5.69 Å². The fourth-order valence-corrected chi connectivity index (χ4v) is 3.99. The summed E-state index contributed by atoms with van der Waals surface area (Å²) in [5.41, 5.74) is 0.534. The summed E-state index contributed by atoms with van der Waals surface area (Å²) in [5.74, 6) is -0.197. The van der Waals surface area contributed by atoms with Crippen molar-refractivity contribution < 1.29 is 13.2 Å². The molecule has 1 aliphatic heterocycles. The van der Waals surface area contributed by atoms with E-state index >= 15 is 0 Å². The molecule has 2 rings (SSSR count). The first kappa shape index (κ1) is 19.4. The zero-order chi connectivity index (χ0) is 17.9. The molecule has 0 unspecified atom stereocenters. The van der Waals surface area contributed by atoms with Gasteiger partial charge in [0, 0.05) is 56.0 Å². The highest BCUT2D eigenvalue weighted by molar-refractivity contribution is 7.86. The quantitative estimate of drug-likeness (QED) is 0.817. The molecule has 1 amide bonds. The van der Waals surface area contributed by atoms with E-state index < -0.39 is 10.2 Å². The smallest absolute Gasteiger partial charge is 0.281 e.